The number of carbonyl (C=O) groups excluding carboxylic acids is 2. The molecule has 1 aliphatic carbocycles. The molecule has 0 unspecified atom stereocenters. The second kappa shape index (κ2) is 10.9. The molecule has 38 heavy (non-hydrogen) atoms. The number of benzene rings is 1. The molecular weight excluding hydrogens is 494 g/mol. The average molecular weight is 527 g/mol. The summed E-state index contributed by atoms with van der Waals surface area (Å²) in [6, 6.07) is 6.93. The first-order chi connectivity index (χ1) is 18.2. The number of nitrogens with one attached hydrogen (secondary N) is 3. The molecule has 11 heteroatoms. The van der Waals surface area contributed by atoms with Crippen LogP contribution in [0, 0.1) is 5.92 Å². The summed E-state index contributed by atoms with van der Waals surface area (Å²) in [5, 5.41) is 13.6. The monoisotopic (exact) mass is 526 g/mol. The summed E-state index contributed by atoms with van der Waals surface area (Å²) >= 11 is 0. The molecular formula is C27H32F2N6O3. The van der Waals surface area contributed by atoms with Crippen LogP contribution in [-0.2, 0) is 24.2 Å². The van der Waals surface area contributed by atoms with Crippen LogP contribution in [-0.4, -0.2) is 52.9 Å². The van der Waals surface area contributed by atoms with Crippen molar-refractivity contribution in [3.8, 4) is 5.75 Å². The Kier molecular flexibility index (Phi) is 7.44. The van der Waals surface area contributed by atoms with Crippen molar-refractivity contribution in [3.63, 3.8) is 0 Å². The third-order valence-corrected chi connectivity index (χ3v) is 6.79. The number of halogens is 2. The summed E-state index contributed by atoms with van der Waals surface area (Å²) in [6.45, 7) is 1.32. The Bertz CT molecular complexity index is 1260. The van der Waals surface area contributed by atoms with Crippen molar-refractivity contribution in [1.29, 1.82) is 0 Å². The molecule has 1 saturated carbocycles. The SMILES string of the molecule is CC(F)(F)COc1cccc(CC[C@H]2Cc3nn(CCC4CC4)c(NC(=O)C4=CNCC=N4)c3C(=O)N2)c1. The van der Waals surface area contributed by atoms with Crippen LogP contribution in [0.5, 0.6) is 5.75 Å². The first-order valence-electron chi connectivity index (χ1n) is 13.0. The van der Waals surface area contributed by atoms with E-state index in [9.17, 15) is 18.4 Å². The largest absolute Gasteiger partial charge is 0.487 e. The Morgan fingerprint density at radius 2 is 2.13 bits per heavy atom. The molecule has 2 aliphatic heterocycles. The van der Waals surface area contributed by atoms with Gasteiger partial charge in [-0.25, -0.2) is 13.5 Å². The van der Waals surface area contributed by atoms with Crippen LogP contribution in [0.1, 0.15) is 54.2 Å². The van der Waals surface area contributed by atoms with Gasteiger partial charge in [0.05, 0.1) is 5.69 Å². The Morgan fingerprint density at radius 3 is 2.87 bits per heavy atom. The lowest BCUT2D eigenvalue weighted by atomic mass is 9.96. The van der Waals surface area contributed by atoms with Gasteiger partial charge >= 0.3 is 0 Å². The van der Waals surface area contributed by atoms with Gasteiger partial charge in [0, 0.05) is 44.9 Å². The molecule has 3 aliphatic rings. The fraction of sp³-hybridized carbons (Fsp3) is 0.481. The van der Waals surface area contributed by atoms with E-state index in [1.165, 1.54) is 12.8 Å². The van der Waals surface area contributed by atoms with Gasteiger partial charge in [-0.3, -0.25) is 14.6 Å². The minimum absolute atomic E-state index is 0.148. The van der Waals surface area contributed by atoms with Crippen molar-refractivity contribution in [3.05, 3.63) is 53.0 Å². The summed E-state index contributed by atoms with van der Waals surface area (Å²) in [4.78, 5) is 30.2. The summed E-state index contributed by atoms with van der Waals surface area (Å²) in [7, 11) is 0. The Hall–Kier alpha value is -3.76. The first kappa shape index (κ1) is 25.9. The smallest absolute Gasteiger partial charge is 0.278 e. The zero-order valence-corrected chi connectivity index (χ0v) is 21.3. The van der Waals surface area contributed by atoms with Crippen molar-refractivity contribution in [2.24, 2.45) is 10.9 Å². The second-order valence-corrected chi connectivity index (χ2v) is 10.2. The molecule has 0 spiro atoms. The number of aromatic nitrogens is 2. The van der Waals surface area contributed by atoms with Crippen LogP contribution in [0.25, 0.3) is 0 Å². The van der Waals surface area contributed by atoms with E-state index in [1.807, 2.05) is 6.07 Å². The Morgan fingerprint density at radius 1 is 1.29 bits per heavy atom. The third-order valence-electron chi connectivity index (χ3n) is 6.79. The number of aliphatic imine (C=N–C) groups is 1. The quantitative estimate of drug-likeness (QED) is 0.416. The van der Waals surface area contributed by atoms with Gasteiger partial charge in [0.2, 0.25) is 0 Å². The molecule has 9 nitrogen and oxygen atoms in total. The van der Waals surface area contributed by atoms with Gasteiger partial charge in [-0.15, -0.1) is 0 Å². The number of anilines is 1. The zero-order chi connectivity index (χ0) is 26.7. The highest BCUT2D eigenvalue weighted by Crippen LogP contribution is 2.34. The summed E-state index contributed by atoms with van der Waals surface area (Å²) in [5.74, 6) is -2.12. The molecule has 1 aromatic carbocycles. The first-order valence-corrected chi connectivity index (χ1v) is 13.0. The van der Waals surface area contributed by atoms with E-state index in [1.54, 1.807) is 35.3 Å². The maximum Gasteiger partial charge on any atom is 0.278 e. The van der Waals surface area contributed by atoms with Gasteiger partial charge in [0.25, 0.3) is 17.7 Å². The molecule has 1 atom stereocenters. The number of alkyl halides is 2. The van der Waals surface area contributed by atoms with Gasteiger partial charge in [0.15, 0.2) is 6.61 Å². The standard InChI is InChI=1S/C27H32F2N6O3/c1-27(28,29)16-38-20-4-2-3-18(13-20)7-8-19-14-21-23(26(37)32-19)24(35(34-21)12-9-17-5-6-17)33-25(36)22-15-30-10-11-31-22/h2-4,11,13,15,17,19,30H,5-10,12,14,16H2,1H3,(H,32,37)(H,33,36)/t19-/m0/s1. The van der Waals surface area contributed by atoms with Crippen LogP contribution >= 0.6 is 0 Å². The van der Waals surface area contributed by atoms with Crippen molar-refractivity contribution in [1.82, 2.24) is 20.4 Å². The van der Waals surface area contributed by atoms with E-state index in [4.69, 9.17) is 9.84 Å². The number of ether oxygens (including phenoxy) is 1. The van der Waals surface area contributed by atoms with Gasteiger partial charge < -0.3 is 20.7 Å². The number of amides is 2. The Labute approximate surface area is 219 Å². The number of rotatable bonds is 11. The van der Waals surface area contributed by atoms with E-state index in [2.05, 4.69) is 20.9 Å². The van der Waals surface area contributed by atoms with Crippen molar-refractivity contribution in [2.75, 3.05) is 18.5 Å². The number of carbonyl (C=O) groups is 2. The molecule has 3 N–H and O–H groups in total. The fourth-order valence-electron chi connectivity index (χ4n) is 4.64. The van der Waals surface area contributed by atoms with Gasteiger partial charge in [-0.2, -0.15) is 5.10 Å². The van der Waals surface area contributed by atoms with Crippen LogP contribution in [0.2, 0.25) is 0 Å². The maximum absolute atomic E-state index is 13.2. The zero-order valence-electron chi connectivity index (χ0n) is 21.3. The highest BCUT2D eigenvalue weighted by Gasteiger charge is 2.33. The topological polar surface area (TPSA) is 110 Å². The van der Waals surface area contributed by atoms with Crippen molar-refractivity contribution >= 4 is 23.8 Å². The predicted octanol–water partition coefficient (Wildman–Crippen LogP) is 3.46. The van der Waals surface area contributed by atoms with Crippen LogP contribution in [0.4, 0.5) is 14.6 Å². The van der Waals surface area contributed by atoms with E-state index >= 15 is 0 Å². The number of fused-ring (bicyclic) bond motifs is 1. The fourth-order valence-corrected chi connectivity index (χ4v) is 4.64. The number of aryl methyl sites for hydroxylation is 2. The minimum atomic E-state index is -2.90. The number of hydrogen-bond donors (Lipinski definition) is 3. The predicted molar refractivity (Wildman–Crippen MR) is 139 cm³/mol. The molecule has 3 heterocycles. The molecule has 1 aromatic heterocycles. The van der Waals surface area contributed by atoms with Crippen molar-refractivity contribution < 1.29 is 23.1 Å². The van der Waals surface area contributed by atoms with Gasteiger partial charge in [0.1, 0.15) is 22.8 Å². The Balaban J connectivity index is 1.27. The van der Waals surface area contributed by atoms with E-state index in [0.29, 0.717) is 61.1 Å². The lowest BCUT2D eigenvalue weighted by molar-refractivity contribution is -0.113. The second-order valence-electron chi connectivity index (χ2n) is 10.2. The van der Waals surface area contributed by atoms with E-state index < -0.39 is 18.4 Å². The minimum Gasteiger partial charge on any atom is -0.487 e. The molecule has 1 fully saturated rings. The van der Waals surface area contributed by atoms with Crippen LogP contribution in [0.15, 0.2) is 41.2 Å². The highest BCUT2D eigenvalue weighted by atomic mass is 19.3. The lowest BCUT2D eigenvalue weighted by Crippen LogP contribution is -2.41. The van der Waals surface area contributed by atoms with Gasteiger partial charge in [-0.05, 0) is 42.9 Å². The third kappa shape index (κ3) is 6.56. The molecule has 0 radical (unpaired) electrons. The van der Waals surface area contributed by atoms with Gasteiger partial charge in [-0.1, -0.05) is 25.0 Å². The molecule has 202 valence electrons. The average Bonchev–Trinajstić information content (AvgIpc) is 3.66. The molecule has 0 bridgehead atoms. The van der Waals surface area contributed by atoms with Crippen LogP contribution < -0.4 is 20.7 Å². The molecule has 2 aromatic rings. The van der Waals surface area contributed by atoms with Crippen molar-refractivity contribution in [2.45, 2.75) is 64.0 Å². The molecule has 2 amide bonds. The van der Waals surface area contributed by atoms with E-state index in [0.717, 1.165) is 18.9 Å². The summed E-state index contributed by atoms with van der Waals surface area (Å²) in [5.41, 5.74) is 2.23. The molecule has 0 saturated heterocycles. The maximum atomic E-state index is 13.2. The summed E-state index contributed by atoms with van der Waals surface area (Å²) in [6.07, 6.45) is 8.31. The number of nitrogens with zero attached hydrogens (tertiary/aromatic N) is 3. The van der Waals surface area contributed by atoms with E-state index in [-0.39, 0.29) is 17.6 Å². The molecule has 5 rings (SSSR count). The highest BCUT2D eigenvalue weighted by molar-refractivity contribution is 6.09. The summed E-state index contributed by atoms with van der Waals surface area (Å²) < 4.78 is 33.2. The number of hydrogen-bond acceptors (Lipinski definition) is 6. The normalized spacial score (nSPS) is 18.8. The lowest BCUT2D eigenvalue weighted by Gasteiger charge is -2.23. The van der Waals surface area contributed by atoms with Crippen LogP contribution in [0.3, 0.4) is 0 Å².